The Balaban J connectivity index is 2.64. The molecule has 0 aromatic heterocycles. The van der Waals surface area contributed by atoms with Gasteiger partial charge in [0.05, 0.1) is 5.54 Å². The van der Waals surface area contributed by atoms with Gasteiger partial charge in [-0.3, -0.25) is 0 Å². The number of urea groups is 1. The molecule has 4 nitrogen and oxygen atoms in total. The molecule has 0 bridgehead atoms. The monoisotopic (exact) mass is 269 g/mol. The second-order valence-electron chi connectivity index (χ2n) is 6.79. The molecule has 2 amide bonds. The SMILES string of the molecule is CN(C)CC(C)(C)N(C)C(=O)N(C)C1CCCCC1. The van der Waals surface area contributed by atoms with Crippen molar-refractivity contribution in [2.45, 2.75) is 57.5 Å². The van der Waals surface area contributed by atoms with E-state index in [1.54, 1.807) is 0 Å². The number of amides is 2. The first-order chi connectivity index (χ1) is 8.75. The highest BCUT2D eigenvalue weighted by Crippen LogP contribution is 2.24. The zero-order valence-corrected chi connectivity index (χ0v) is 13.6. The van der Waals surface area contributed by atoms with Gasteiger partial charge in [-0.15, -0.1) is 0 Å². The van der Waals surface area contributed by atoms with Crippen LogP contribution in [0.15, 0.2) is 0 Å². The van der Waals surface area contributed by atoms with Crippen molar-refractivity contribution in [1.82, 2.24) is 14.7 Å². The van der Waals surface area contributed by atoms with E-state index in [0.717, 1.165) is 19.4 Å². The summed E-state index contributed by atoms with van der Waals surface area (Å²) in [5, 5.41) is 0. The molecule has 112 valence electrons. The molecule has 1 aliphatic rings. The Kier molecular flexibility index (Phi) is 5.65. The zero-order chi connectivity index (χ0) is 14.6. The highest BCUT2D eigenvalue weighted by molar-refractivity contribution is 5.75. The van der Waals surface area contributed by atoms with Crippen LogP contribution in [0.4, 0.5) is 4.79 Å². The summed E-state index contributed by atoms with van der Waals surface area (Å²) >= 11 is 0. The molecule has 0 atom stereocenters. The molecule has 0 aromatic carbocycles. The van der Waals surface area contributed by atoms with Crippen molar-refractivity contribution in [3.05, 3.63) is 0 Å². The van der Waals surface area contributed by atoms with E-state index in [1.165, 1.54) is 19.3 Å². The first-order valence-corrected chi connectivity index (χ1v) is 7.41. The fourth-order valence-electron chi connectivity index (χ4n) is 3.00. The largest absolute Gasteiger partial charge is 0.325 e. The number of carbonyl (C=O) groups excluding carboxylic acids is 1. The third-order valence-corrected chi connectivity index (χ3v) is 4.32. The Morgan fingerprint density at radius 1 is 1.05 bits per heavy atom. The fraction of sp³-hybridized carbons (Fsp3) is 0.933. The molecule has 0 spiro atoms. The van der Waals surface area contributed by atoms with Crippen LogP contribution in [0.3, 0.4) is 0 Å². The lowest BCUT2D eigenvalue weighted by Gasteiger charge is -2.42. The van der Waals surface area contributed by atoms with Gasteiger partial charge in [0.15, 0.2) is 0 Å². The quantitative estimate of drug-likeness (QED) is 0.784. The van der Waals surface area contributed by atoms with Gasteiger partial charge in [0.25, 0.3) is 0 Å². The van der Waals surface area contributed by atoms with E-state index >= 15 is 0 Å². The molecule has 0 aromatic rings. The van der Waals surface area contributed by atoms with E-state index in [1.807, 2.05) is 38.0 Å². The van der Waals surface area contributed by atoms with E-state index in [0.29, 0.717) is 6.04 Å². The lowest BCUT2D eigenvalue weighted by atomic mass is 9.94. The van der Waals surface area contributed by atoms with Gasteiger partial charge in [0, 0.05) is 26.7 Å². The topological polar surface area (TPSA) is 26.8 Å². The number of hydrogen-bond donors (Lipinski definition) is 0. The van der Waals surface area contributed by atoms with Crippen LogP contribution in [-0.4, -0.2) is 67.0 Å². The number of likely N-dealkylation sites (N-methyl/N-ethyl adjacent to an activating group) is 2. The maximum absolute atomic E-state index is 12.6. The number of nitrogens with zero attached hydrogens (tertiary/aromatic N) is 3. The van der Waals surface area contributed by atoms with Gasteiger partial charge in [-0.1, -0.05) is 19.3 Å². The van der Waals surface area contributed by atoms with Gasteiger partial charge in [0.2, 0.25) is 0 Å². The van der Waals surface area contributed by atoms with Gasteiger partial charge in [0.1, 0.15) is 0 Å². The summed E-state index contributed by atoms with van der Waals surface area (Å²) in [5.41, 5.74) is -0.149. The maximum atomic E-state index is 12.6. The molecule has 1 fully saturated rings. The van der Waals surface area contributed by atoms with Crippen molar-refractivity contribution in [3.63, 3.8) is 0 Å². The predicted octanol–water partition coefficient (Wildman–Crippen LogP) is 2.64. The molecule has 1 aliphatic carbocycles. The van der Waals surface area contributed by atoms with E-state index in [2.05, 4.69) is 18.7 Å². The molecule has 0 N–H and O–H groups in total. The molecule has 0 saturated heterocycles. The van der Waals surface area contributed by atoms with Crippen molar-refractivity contribution in [2.24, 2.45) is 0 Å². The zero-order valence-electron chi connectivity index (χ0n) is 13.6. The third kappa shape index (κ3) is 4.37. The first-order valence-electron chi connectivity index (χ1n) is 7.41. The highest BCUT2D eigenvalue weighted by Gasteiger charge is 2.32. The standard InChI is InChI=1S/C15H31N3O/c1-15(2,12-16(3)4)18(6)14(19)17(5)13-10-8-7-9-11-13/h13H,7-12H2,1-6H3. The van der Waals surface area contributed by atoms with Crippen LogP contribution >= 0.6 is 0 Å². The smallest absolute Gasteiger partial charge is 0.320 e. The molecular weight excluding hydrogens is 238 g/mol. The molecule has 0 unspecified atom stereocenters. The lowest BCUT2D eigenvalue weighted by Crippen LogP contribution is -2.56. The van der Waals surface area contributed by atoms with Crippen LogP contribution in [-0.2, 0) is 0 Å². The van der Waals surface area contributed by atoms with Crippen molar-refractivity contribution in [3.8, 4) is 0 Å². The van der Waals surface area contributed by atoms with Gasteiger partial charge >= 0.3 is 6.03 Å². The van der Waals surface area contributed by atoms with Crippen molar-refractivity contribution >= 4 is 6.03 Å². The molecule has 1 rings (SSSR count). The highest BCUT2D eigenvalue weighted by atomic mass is 16.2. The predicted molar refractivity (Wildman–Crippen MR) is 80.4 cm³/mol. The van der Waals surface area contributed by atoms with E-state index < -0.39 is 0 Å². The lowest BCUT2D eigenvalue weighted by molar-refractivity contribution is 0.0924. The first kappa shape index (κ1) is 16.3. The summed E-state index contributed by atoms with van der Waals surface area (Å²) in [7, 11) is 7.97. The Morgan fingerprint density at radius 3 is 2.05 bits per heavy atom. The van der Waals surface area contributed by atoms with Gasteiger partial charge < -0.3 is 14.7 Å². The van der Waals surface area contributed by atoms with Crippen LogP contribution < -0.4 is 0 Å². The van der Waals surface area contributed by atoms with E-state index in [4.69, 9.17) is 0 Å². The van der Waals surface area contributed by atoms with Gasteiger partial charge in [-0.05, 0) is 40.8 Å². The van der Waals surface area contributed by atoms with Crippen LogP contribution in [0.2, 0.25) is 0 Å². The molecule has 0 heterocycles. The van der Waals surface area contributed by atoms with Crippen molar-refractivity contribution in [1.29, 1.82) is 0 Å². The molecule has 0 radical (unpaired) electrons. The van der Waals surface area contributed by atoms with Crippen LogP contribution in [0.25, 0.3) is 0 Å². The molecule has 4 heteroatoms. The Labute approximate surface area is 118 Å². The Bertz CT molecular complexity index is 296. The van der Waals surface area contributed by atoms with Crippen LogP contribution in [0.1, 0.15) is 46.0 Å². The summed E-state index contributed by atoms with van der Waals surface area (Å²) in [6.07, 6.45) is 6.15. The van der Waals surface area contributed by atoms with Crippen molar-refractivity contribution < 1.29 is 4.79 Å². The summed E-state index contributed by atoms with van der Waals surface area (Å²) in [6.45, 7) is 5.12. The molecular formula is C15H31N3O. The maximum Gasteiger partial charge on any atom is 0.320 e. The second-order valence-corrected chi connectivity index (χ2v) is 6.79. The number of hydrogen-bond acceptors (Lipinski definition) is 2. The van der Waals surface area contributed by atoms with E-state index in [9.17, 15) is 4.79 Å². The summed E-state index contributed by atoms with van der Waals surface area (Å²) < 4.78 is 0. The second kappa shape index (κ2) is 6.60. The summed E-state index contributed by atoms with van der Waals surface area (Å²) in [6, 6.07) is 0.581. The Morgan fingerprint density at radius 2 is 1.58 bits per heavy atom. The minimum atomic E-state index is -0.149. The van der Waals surface area contributed by atoms with Crippen LogP contribution in [0, 0.1) is 0 Å². The molecule has 19 heavy (non-hydrogen) atoms. The van der Waals surface area contributed by atoms with Gasteiger partial charge in [-0.25, -0.2) is 4.79 Å². The normalized spacial score (nSPS) is 17.6. The van der Waals surface area contributed by atoms with Crippen LogP contribution in [0.5, 0.6) is 0 Å². The molecule has 1 saturated carbocycles. The third-order valence-electron chi connectivity index (χ3n) is 4.32. The summed E-state index contributed by atoms with van der Waals surface area (Å²) in [5.74, 6) is 0. The number of rotatable bonds is 4. The Hall–Kier alpha value is -0.770. The molecule has 0 aliphatic heterocycles. The minimum Gasteiger partial charge on any atom is -0.325 e. The van der Waals surface area contributed by atoms with Crippen molar-refractivity contribution in [2.75, 3.05) is 34.7 Å². The minimum absolute atomic E-state index is 0.149. The average Bonchev–Trinajstić information content (AvgIpc) is 2.35. The van der Waals surface area contributed by atoms with E-state index in [-0.39, 0.29) is 11.6 Å². The number of carbonyl (C=O) groups is 1. The van der Waals surface area contributed by atoms with Gasteiger partial charge in [-0.2, -0.15) is 0 Å². The average molecular weight is 269 g/mol. The fourth-order valence-corrected chi connectivity index (χ4v) is 3.00. The summed E-state index contributed by atoms with van der Waals surface area (Å²) in [4.78, 5) is 18.6.